The van der Waals surface area contributed by atoms with Gasteiger partial charge in [0.2, 0.25) is 5.82 Å². The number of hydrogen-bond acceptors (Lipinski definition) is 5. The van der Waals surface area contributed by atoms with E-state index in [9.17, 15) is 0 Å². The van der Waals surface area contributed by atoms with E-state index in [1.165, 1.54) is 5.56 Å². The summed E-state index contributed by atoms with van der Waals surface area (Å²) in [5.74, 6) is 2.16. The average Bonchev–Trinajstić information content (AvgIpc) is 3.10. The van der Waals surface area contributed by atoms with Gasteiger partial charge in [0.1, 0.15) is 12.4 Å². The number of H-pyrrole nitrogens is 1. The Labute approximate surface area is 136 Å². The molecular weight excluding hydrogens is 290 g/mol. The molecule has 3 rings (SSSR count). The van der Waals surface area contributed by atoms with Crippen molar-refractivity contribution in [1.82, 2.24) is 25.5 Å². The van der Waals surface area contributed by atoms with Gasteiger partial charge in [-0.25, -0.2) is 0 Å². The number of benzene rings is 1. The summed E-state index contributed by atoms with van der Waals surface area (Å²) in [5.41, 5.74) is 2.44. The van der Waals surface area contributed by atoms with Gasteiger partial charge >= 0.3 is 0 Å². The number of nitrogens with one attached hydrogen (secondary N) is 1. The standard InChI is InChI=1S/C17H23N5O/c1-13(2)14-5-3-7-16(11-14)23-10-9-22-8-4-6-15(12-22)17-18-20-21-19-17/h3,5-7,11,13H,4,8-10,12H2,1-2H3,(H,18,19,20,21). The Hall–Kier alpha value is -2.21. The summed E-state index contributed by atoms with van der Waals surface area (Å²) in [6.07, 6.45) is 3.20. The van der Waals surface area contributed by atoms with Crippen molar-refractivity contribution in [3.8, 4) is 5.75 Å². The normalized spacial score (nSPS) is 15.7. The Bertz CT molecular complexity index is 651. The maximum atomic E-state index is 5.91. The van der Waals surface area contributed by atoms with Gasteiger partial charge in [0.15, 0.2) is 0 Å². The maximum absolute atomic E-state index is 5.91. The highest BCUT2D eigenvalue weighted by atomic mass is 16.5. The quantitative estimate of drug-likeness (QED) is 0.887. The Morgan fingerprint density at radius 3 is 3.04 bits per heavy atom. The molecule has 2 heterocycles. The van der Waals surface area contributed by atoms with Crippen LogP contribution >= 0.6 is 0 Å². The topological polar surface area (TPSA) is 66.9 Å². The van der Waals surface area contributed by atoms with Crippen LogP contribution in [0.1, 0.15) is 37.6 Å². The Balaban J connectivity index is 1.49. The molecule has 0 saturated heterocycles. The fraction of sp³-hybridized carbons (Fsp3) is 0.471. The zero-order valence-electron chi connectivity index (χ0n) is 13.7. The minimum absolute atomic E-state index is 0.517. The molecule has 0 atom stereocenters. The van der Waals surface area contributed by atoms with Crippen LogP contribution in [0.2, 0.25) is 0 Å². The lowest BCUT2D eigenvalue weighted by atomic mass is 10.0. The molecule has 0 bridgehead atoms. The third kappa shape index (κ3) is 4.16. The predicted octanol–water partition coefficient (Wildman–Crippen LogP) is 2.49. The van der Waals surface area contributed by atoms with Crippen LogP contribution < -0.4 is 4.74 Å². The van der Waals surface area contributed by atoms with Gasteiger partial charge in [-0.1, -0.05) is 32.1 Å². The summed E-state index contributed by atoms with van der Waals surface area (Å²) in [4.78, 5) is 2.36. The van der Waals surface area contributed by atoms with Gasteiger partial charge in [-0.2, -0.15) is 5.21 Å². The lowest BCUT2D eigenvalue weighted by molar-refractivity contribution is 0.223. The second kappa shape index (κ2) is 7.37. The molecular formula is C17H23N5O. The van der Waals surface area contributed by atoms with Crippen molar-refractivity contribution in [3.05, 3.63) is 41.7 Å². The average molecular weight is 313 g/mol. The van der Waals surface area contributed by atoms with Crippen LogP contribution in [0.25, 0.3) is 5.57 Å². The van der Waals surface area contributed by atoms with Gasteiger partial charge in [-0.3, -0.25) is 4.90 Å². The number of hydrogen-bond donors (Lipinski definition) is 1. The molecule has 2 aromatic rings. The molecule has 1 aromatic heterocycles. The summed E-state index contributed by atoms with van der Waals surface area (Å²) in [7, 11) is 0. The molecule has 1 N–H and O–H groups in total. The summed E-state index contributed by atoms with van der Waals surface area (Å²) in [6, 6.07) is 8.35. The molecule has 23 heavy (non-hydrogen) atoms. The van der Waals surface area contributed by atoms with E-state index in [0.717, 1.165) is 37.4 Å². The smallest absolute Gasteiger partial charge is 0.201 e. The van der Waals surface area contributed by atoms with Crippen molar-refractivity contribution in [2.45, 2.75) is 26.2 Å². The molecule has 0 saturated carbocycles. The van der Waals surface area contributed by atoms with E-state index >= 15 is 0 Å². The van der Waals surface area contributed by atoms with Gasteiger partial charge in [0.05, 0.1) is 0 Å². The molecule has 0 amide bonds. The molecule has 0 radical (unpaired) electrons. The molecule has 6 nitrogen and oxygen atoms in total. The molecule has 0 fully saturated rings. The number of ether oxygens (including phenoxy) is 1. The van der Waals surface area contributed by atoms with E-state index in [1.54, 1.807) is 0 Å². The van der Waals surface area contributed by atoms with E-state index in [4.69, 9.17) is 4.74 Å². The number of tetrazole rings is 1. The highest BCUT2D eigenvalue weighted by Gasteiger charge is 2.16. The van der Waals surface area contributed by atoms with Crippen LogP contribution in [0.5, 0.6) is 5.75 Å². The highest BCUT2D eigenvalue weighted by molar-refractivity contribution is 5.61. The first-order valence-corrected chi connectivity index (χ1v) is 8.10. The van der Waals surface area contributed by atoms with Gasteiger partial charge in [0.25, 0.3) is 0 Å². The molecule has 1 aromatic carbocycles. The molecule has 0 aliphatic carbocycles. The van der Waals surface area contributed by atoms with Crippen molar-refractivity contribution in [2.24, 2.45) is 0 Å². The summed E-state index contributed by atoms with van der Waals surface area (Å²) in [6.45, 7) is 7.84. The zero-order valence-corrected chi connectivity index (χ0v) is 13.7. The van der Waals surface area contributed by atoms with Crippen molar-refractivity contribution >= 4 is 5.57 Å². The van der Waals surface area contributed by atoms with Crippen LogP contribution in [0.4, 0.5) is 0 Å². The molecule has 122 valence electrons. The van der Waals surface area contributed by atoms with E-state index in [-0.39, 0.29) is 0 Å². The Kier molecular flexibility index (Phi) is 5.02. The van der Waals surface area contributed by atoms with Crippen LogP contribution in [-0.2, 0) is 0 Å². The van der Waals surface area contributed by atoms with Gasteiger partial charge < -0.3 is 4.74 Å². The molecule has 6 heteroatoms. The largest absolute Gasteiger partial charge is 0.492 e. The number of nitrogens with zero attached hydrogens (tertiary/aromatic N) is 4. The second-order valence-electron chi connectivity index (χ2n) is 6.11. The fourth-order valence-corrected chi connectivity index (χ4v) is 2.71. The van der Waals surface area contributed by atoms with Gasteiger partial charge in [0, 0.05) is 25.2 Å². The Morgan fingerprint density at radius 1 is 1.35 bits per heavy atom. The fourth-order valence-electron chi connectivity index (χ4n) is 2.71. The van der Waals surface area contributed by atoms with E-state index in [1.807, 2.05) is 6.07 Å². The zero-order chi connectivity index (χ0) is 16.1. The Morgan fingerprint density at radius 2 is 2.26 bits per heavy atom. The summed E-state index contributed by atoms with van der Waals surface area (Å²) >= 11 is 0. The van der Waals surface area contributed by atoms with Crippen molar-refractivity contribution in [2.75, 3.05) is 26.2 Å². The molecule has 0 unspecified atom stereocenters. The molecule has 1 aliphatic rings. The third-order valence-corrected chi connectivity index (χ3v) is 4.06. The first-order valence-electron chi connectivity index (χ1n) is 8.10. The number of rotatable bonds is 6. The first kappa shape index (κ1) is 15.7. The van der Waals surface area contributed by atoms with Crippen molar-refractivity contribution < 1.29 is 4.74 Å². The molecule has 0 spiro atoms. The van der Waals surface area contributed by atoms with Crippen LogP contribution in [-0.4, -0.2) is 51.8 Å². The van der Waals surface area contributed by atoms with E-state index in [0.29, 0.717) is 18.3 Å². The third-order valence-electron chi connectivity index (χ3n) is 4.06. The monoisotopic (exact) mass is 313 g/mol. The minimum atomic E-state index is 0.517. The lowest BCUT2D eigenvalue weighted by Gasteiger charge is -2.26. The van der Waals surface area contributed by atoms with Crippen molar-refractivity contribution in [1.29, 1.82) is 0 Å². The second-order valence-corrected chi connectivity index (χ2v) is 6.11. The van der Waals surface area contributed by atoms with E-state index < -0.39 is 0 Å². The van der Waals surface area contributed by atoms with Gasteiger partial charge in [-0.15, -0.1) is 10.2 Å². The maximum Gasteiger partial charge on any atom is 0.201 e. The van der Waals surface area contributed by atoms with Crippen LogP contribution in [0.3, 0.4) is 0 Å². The van der Waals surface area contributed by atoms with Crippen LogP contribution in [0.15, 0.2) is 30.3 Å². The number of aromatic nitrogens is 4. The highest BCUT2D eigenvalue weighted by Crippen LogP contribution is 2.20. The summed E-state index contributed by atoms with van der Waals surface area (Å²) in [5, 5.41) is 14.2. The summed E-state index contributed by atoms with van der Waals surface area (Å²) < 4.78 is 5.91. The predicted molar refractivity (Wildman–Crippen MR) is 89.2 cm³/mol. The van der Waals surface area contributed by atoms with Gasteiger partial charge in [-0.05, 0) is 35.2 Å². The van der Waals surface area contributed by atoms with Crippen LogP contribution in [0, 0.1) is 0 Å². The number of aromatic amines is 1. The van der Waals surface area contributed by atoms with E-state index in [2.05, 4.69) is 63.6 Å². The SMILES string of the molecule is CC(C)c1cccc(OCCN2CCC=C(c3nn[nH]n3)C2)c1. The lowest BCUT2D eigenvalue weighted by Crippen LogP contribution is -2.33. The first-order chi connectivity index (χ1) is 11.2. The van der Waals surface area contributed by atoms with Crippen molar-refractivity contribution in [3.63, 3.8) is 0 Å². The minimum Gasteiger partial charge on any atom is -0.492 e. The molecule has 1 aliphatic heterocycles.